The summed E-state index contributed by atoms with van der Waals surface area (Å²) in [6, 6.07) is 0. The highest BCUT2D eigenvalue weighted by Gasteiger charge is 2.22. The number of hydrogen-bond donors (Lipinski definition) is 0. The van der Waals surface area contributed by atoms with Crippen LogP contribution in [0.4, 0.5) is 0 Å². The SMILES string of the molecule is CN1CCN(Cc2cnc3n2CCN(Cc2nccs2)C3)CC1. The van der Waals surface area contributed by atoms with Crippen molar-refractivity contribution < 1.29 is 0 Å². The highest BCUT2D eigenvalue weighted by atomic mass is 32.1. The zero-order valence-electron chi connectivity index (χ0n) is 13.7. The molecule has 2 aliphatic heterocycles. The Labute approximate surface area is 141 Å². The van der Waals surface area contributed by atoms with Gasteiger partial charge in [0.2, 0.25) is 0 Å². The maximum atomic E-state index is 4.68. The molecule has 0 N–H and O–H groups in total. The van der Waals surface area contributed by atoms with Gasteiger partial charge in [0, 0.05) is 63.6 Å². The molecule has 0 radical (unpaired) electrons. The fourth-order valence-electron chi connectivity index (χ4n) is 3.39. The summed E-state index contributed by atoms with van der Waals surface area (Å²) < 4.78 is 2.43. The Morgan fingerprint density at radius 2 is 1.83 bits per heavy atom. The minimum atomic E-state index is 0.933. The van der Waals surface area contributed by atoms with Crippen LogP contribution in [0.2, 0.25) is 0 Å². The second-order valence-corrected chi connectivity index (χ2v) is 7.51. The molecule has 0 atom stereocenters. The van der Waals surface area contributed by atoms with E-state index >= 15 is 0 Å². The van der Waals surface area contributed by atoms with Gasteiger partial charge in [-0.25, -0.2) is 9.97 Å². The minimum Gasteiger partial charge on any atom is -0.328 e. The van der Waals surface area contributed by atoms with Crippen LogP contribution in [0.15, 0.2) is 17.8 Å². The van der Waals surface area contributed by atoms with E-state index in [1.54, 1.807) is 11.3 Å². The number of fused-ring (bicyclic) bond motifs is 1. The molecule has 6 nitrogen and oxygen atoms in total. The Morgan fingerprint density at radius 1 is 1.00 bits per heavy atom. The van der Waals surface area contributed by atoms with Gasteiger partial charge in [-0.3, -0.25) is 9.80 Å². The zero-order valence-corrected chi connectivity index (χ0v) is 14.5. The first-order valence-corrected chi connectivity index (χ1v) is 9.21. The Morgan fingerprint density at radius 3 is 2.61 bits per heavy atom. The molecule has 124 valence electrons. The van der Waals surface area contributed by atoms with Crippen LogP contribution < -0.4 is 0 Å². The lowest BCUT2D eigenvalue weighted by atomic mass is 10.3. The first-order chi connectivity index (χ1) is 11.3. The summed E-state index contributed by atoms with van der Waals surface area (Å²) in [4.78, 5) is 16.5. The molecule has 0 aromatic carbocycles. The molecule has 2 aliphatic rings. The summed E-state index contributed by atoms with van der Waals surface area (Å²) in [7, 11) is 2.20. The number of imidazole rings is 1. The van der Waals surface area contributed by atoms with E-state index in [-0.39, 0.29) is 0 Å². The molecule has 0 amide bonds. The Hall–Kier alpha value is -1.28. The molecule has 2 aromatic rings. The van der Waals surface area contributed by atoms with E-state index in [9.17, 15) is 0 Å². The average molecular weight is 332 g/mol. The van der Waals surface area contributed by atoms with Crippen molar-refractivity contribution in [2.24, 2.45) is 0 Å². The molecule has 2 aromatic heterocycles. The number of nitrogens with zero attached hydrogens (tertiary/aromatic N) is 6. The predicted molar refractivity (Wildman–Crippen MR) is 91.2 cm³/mol. The topological polar surface area (TPSA) is 40.4 Å². The first-order valence-electron chi connectivity index (χ1n) is 8.33. The van der Waals surface area contributed by atoms with Crippen LogP contribution in [-0.2, 0) is 26.2 Å². The molecular formula is C16H24N6S. The molecule has 4 heterocycles. The van der Waals surface area contributed by atoms with Crippen molar-refractivity contribution in [2.75, 3.05) is 39.8 Å². The maximum absolute atomic E-state index is 4.68. The fourth-order valence-corrected chi connectivity index (χ4v) is 4.05. The lowest BCUT2D eigenvalue weighted by Gasteiger charge is -2.33. The maximum Gasteiger partial charge on any atom is 0.123 e. The van der Waals surface area contributed by atoms with Gasteiger partial charge < -0.3 is 9.47 Å². The molecule has 0 unspecified atom stereocenters. The van der Waals surface area contributed by atoms with E-state index in [1.165, 1.54) is 29.6 Å². The molecule has 1 fully saturated rings. The summed E-state index contributed by atoms with van der Waals surface area (Å²) in [5.74, 6) is 1.21. The zero-order chi connectivity index (χ0) is 15.6. The van der Waals surface area contributed by atoms with Gasteiger partial charge in [0.05, 0.1) is 18.8 Å². The third-order valence-corrected chi connectivity index (χ3v) is 5.61. The van der Waals surface area contributed by atoms with E-state index in [2.05, 4.69) is 42.5 Å². The van der Waals surface area contributed by atoms with Gasteiger partial charge in [-0.15, -0.1) is 11.3 Å². The second kappa shape index (κ2) is 6.68. The quantitative estimate of drug-likeness (QED) is 0.839. The van der Waals surface area contributed by atoms with E-state index in [0.717, 1.165) is 45.8 Å². The van der Waals surface area contributed by atoms with Gasteiger partial charge in [-0.1, -0.05) is 0 Å². The summed E-state index contributed by atoms with van der Waals surface area (Å²) in [6.45, 7) is 9.70. The van der Waals surface area contributed by atoms with Crippen molar-refractivity contribution in [3.63, 3.8) is 0 Å². The molecule has 1 saturated heterocycles. The molecule has 0 aliphatic carbocycles. The highest BCUT2D eigenvalue weighted by Crippen LogP contribution is 2.19. The molecule has 0 spiro atoms. The van der Waals surface area contributed by atoms with E-state index in [0.29, 0.717) is 0 Å². The van der Waals surface area contributed by atoms with Crippen LogP contribution in [0.1, 0.15) is 16.5 Å². The molecule has 7 heteroatoms. The second-order valence-electron chi connectivity index (χ2n) is 6.53. The third-order valence-electron chi connectivity index (χ3n) is 4.85. The van der Waals surface area contributed by atoms with Crippen molar-refractivity contribution in [3.05, 3.63) is 34.3 Å². The Kier molecular flexibility index (Phi) is 4.43. The van der Waals surface area contributed by atoms with Crippen molar-refractivity contribution in [3.8, 4) is 0 Å². The molecule has 23 heavy (non-hydrogen) atoms. The summed E-state index contributed by atoms with van der Waals surface area (Å²) in [6.07, 6.45) is 3.97. The van der Waals surface area contributed by atoms with E-state index in [4.69, 9.17) is 0 Å². The standard InChI is InChI=1S/C16H24N6S/c1-19-3-5-20(6-4-19)11-14-10-18-15-12-21(7-8-22(14)15)13-16-17-2-9-23-16/h2,9-10H,3-8,11-13H2,1H3. The van der Waals surface area contributed by atoms with Crippen LogP contribution >= 0.6 is 11.3 Å². The van der Waals surface area contributed by atoms with Gasteiger partial charge >= 0.3 is 0 Å². The normalized spacial score (nSPS) is 20.7. The van der Waals surface area contributed by atoms with Crippen LogP contribution in [0.3, 0.4) is 0 Å². The smallest absolute Gasteiger partial charge is 0.123 e. The lowest BCUT2D eigenvalue weighted by molar-refractivity contribution is 0.143. The molecule has 0 saturated carbocycles. The van der Waals surface area contributed by atoms with Crippen LogP contribution in [0.5, 0.6) is 0 Å². The van der Waals surface area contributed by atoms with Crippen molar-refractivity contribution in [2.45, 2.75) is 26.2 Å². The van der Waals surface area contributed by atoms with Gasteiger partial charge in [0.25, 0.3) is 0 Å². The highest BCUT2D eigenvalue weighted by molar-refractivity contribution is 7.09. The monoisotopic (exact) mass is 332 g/mol. The number of likely N-dealkylation sites (N-methyl/N-ethyl adjacent to an activating group) is 1. The number of aromatic nitrogens is 3. The molecule has 4 rings (SSSR count). The fraction of sp³-hybridized carbons (Fsp3) is 0.625. The largest absolute Gasteiger partial charge is 0.328 e. The summed E-state index contributed by atoms with van der Waals surface area (Å²) in [5, 5.41) is 3.25. The number of hydrogen-bond acceptors (Lipinski definition) is 6. The molecular weight excluding hydrogens is 308 g/mol. The van der Waals surface area contributed by atoms with Crippen molar-refractivity contribution in [1.82, 2.24) is 29.2 Å². The number of thiazole rings is 1. The minimum absolute atomic E-state index is 0.933. The van der Waals surface area contributed by atoms with Crippen molar-refractivity contribution >= 4 is 11.3 Å². The van der Waals surface area contributed by atoms with E-state index in [1.807, 2.05) is 11.6 Å². The number of piperazine rings is 1. The van der Waals surface area contributed by atoms with Crippen LogP contribution in [0.25, 0.3) is 0 Å². The van der Waals surface area contributed by atoms with Gasteiger partial charge in [-0.2, -0.15) is 0 Å². The van der Waals surface area contributed by atoms with Crippen LogP contribution in [0, 0.1) is 0 Å². The Bertz CT molecular complexity index is 629. The third kappa shape index (κ3) is 3.47. The van der Waals surface area contributed by atoms with Gasteiger partial charge in [0.1, 0.15) is 10.8 Å². The molecule has 0 bridgehead atoms. The van der Waals surface area contributed by atoms with Gasteiger partial charge in [-0.05, 0) is 7.05 Å². The lowest BCUT2D eigenvalue weighted by Crippen LogP contribution is -2.44. The Balaban J connectivity index is 1.38. The number of rotatable bonds is 4. The van der Waals surface area contributed by atoms with Gasteiger partial charge in [0.15, 0.2) is 0 Å². The summed E-state index contributed by atoms with van der Waals surface area (Å²) in [5.41, 5.74) is 1.37. The average Bonchev–Trinajstić information content (AvgIpc) is 3.20. The van der Waals surface area contributed by atoms with E-state index < -0.39 is 0 Å². The van der Waals surface area contributed by atoms with Crippen molar-refractivity contribution in [1.29, 1.82) is 0 Å². The first kappa shape index (κ1) is 15.3. The summed E-state index contributed by atoms with van der Waals surface area (Å²) >= 11 is 1.74. The van der Waals surface area contributed by atoms with Crippen LogP contribution in [-0.4, -0.2) is 69.0 Å². The predicted octanol–water partition coefficient (Wildman–Crippen LogP) is 1.10.